The van der Waals surface area contributed by atoms with E-state index in [0.29, 0.717) is 5.92 Å². The van der Waals surface area contributed by atoms with Gasteiger partial charge in [-0.1, -0.05) is 36.3 Å². The van der Waals surface area contributed by atoms with E-state index in [2.05, 4.69) is 24.2 Å². The average Bonchev–Trinajstić information content (AvgIpc) is 3.14. The number of hydrogen-bond donors (Lipinski definition) is 0. The number of carbonyl (C=O) groups is 1. The maximum absolute atomic E-state index is 12.9. The van der Waals surface area contributed by atoms with E-state index in [0.717, 1.165) is 71.9 Å². The SMILES string of the molecule is CCc1onc(C)c1-c1cccc(C2CCN(C(=O)c3ccccc3C)CC2)n1. The van der Waals surface area contributed by atoms with Crippen LogP contribution in [0.1, 0.15) is 58.8 Å². The van der Waals surface area contributed by atoms with Crippen LogP contribution >= 0.6 is 0 Å². The molecule has 1 aliphatic heterocycles. The zero-order valence-electron chi connectivity index (χ0n) is 17.3. The summed E-state index contributed by atoms with van der Waals surface area (Å²) < 4.78 is 5.44. The standard InChI is InChI=1S/C24H27N3O2/c1-4-22-23(17(3)26-29-22)21-11-7-10-20(25-21)18-12-14-27(15-13-18)24(28)19-9-6-5-8-16(19)2/h5-11,18H,4,12-15H2,1-3H3. The third-order valence-electron chi connectivity index (χ3n) is 5.86. The number of hydrogen-bond acceptors (Lipinski definition) is 4. The van der Waals surface area contributed by atoms with Crippen LogP contribution < -0.4 is 0 Å². The van der Waals surface area contributed by atoms with E-state index >= 15 is 0 Å². The first-order chi connectivity index (χ1) is 14.1. The van der Waals surface area contributed by atoms with Crippen molar-refractivity contribution in [1.82, 2.24) is 15.0 Å². The van der Waals surface area contributed by atoms with E-state index < -0.39 is 0 Å². The summed E-state index contributed by atoms with van der Waals surface area (Å²) in [7, 11) is 0. The number of benzene rings is 1. The van der Waals surface area contributed by atoms with Crippen molar-refractivity contribution >= 4 is 5.91 Å². The molecule has 0 N–H and O–H groups in total. The summed E-state index contributed by atoms with van der Waals surface area (Å²) >= 11 is 0. The predicted molar refractivity (Wildman–Crippen MR) is 113 cm³/mol. The van der Waals surface area contributed by atoms with Gasteiger partial charge in [0, 0.05) is 36.7 Å². The highest BCUT2D eigenvalue weighted by atomic mass is 16.5. The van der Waals surface area contributed by atoms with Gasteiger partial charge in [0.05, 0.1) is 17.0 Å². The van der Waals surface area contributed by atoms with E-state index in [1.165, 1.54) is 0 Å². The fraction of sp³-hybridized carbons (Fsp3) is 0.375. The number of nitrogens with zero attached hydrogens (tertiary/aromatic N) is 3. The van der Waals surface area contributed by atoms with Crippen molar-refractivity contribution < 1.29 is 9.32 Å². The number of amides is 1. The highest BCUT2D eigenvalue weighted by Crippen LogP contribution is 2.31. The third-order valence-corrected chi connectivity index (χ3v) is 5.86. The van der Waals surface area contributed by atoms with Crippen molar-refractivity contribution in [3.63, 3.8) is 0 Å². The predicted octanol–water partition coefficient (Wildman–Crippen LogP) is 4.94. The van der Waals surface area contributed by atoms with Crippen LogP contribution in [0.5, 0.6) is 0 Å². The number of pyridine rings is 1. The molecule has 0 saturated carbocycles. The van der Waals surface area contributed by atoms with Gasteiger partial charge in [0.25, 0.3) is 5.91 Å². The van der Waals surface area contributed by atoms with Gasteiger partial charge < -0.3 is 9.42 Å². The maximum Gasteiger partial charge on any atom is 0.254 e. The summed E-state index contributed by atoms with van der Waals surface area (Å²) in [6.45, 7) is 7.54. The van der Waals surface area contributed by atoms with Crippen molar-refractivity contribution in [1.29, 1.82) is 0 Å². The number of rotatable bonds is 4. The van der Waals surface area contributed by atoms with Gasteiger partial charge in [-0.05, 0) is 50.5 Å². The molecular formula is C24H27N3O2. The Morgan fingerprint density at radius 1 is 1.10 bits per heavy atom. The second-order valence-corrected chi connectivity index (χ2v) is 7.75. The van der Waals surface area contributed by atoms with Gasteiger partial charge in [-0.2, -0.15) is 0 Å². The molecule has 0 atom stereocenters. The van der Waals surface area contributed by atoms with Crippen molar-refractivity contribution in [3.05, 3.63) is 70.7 Å². The molecular weight excluding hydrogens is 362 g/mol. The molecule has 0 radical (unpaired) electrons. The van der Waals surface area contributed by atoms with Crippen LogP contribution in [-0.2, 0) is 6.42 Å². The van der Waals surface area contributed by atoms with Crippen LogP contribution in [0.25, 0.3) is 11.3 Å². The molecule has 1 aliphatic rings. The van der Waals surface area contributed by atoms with Crippen molar-refractivity contribution in [2.75, 3.05) is 13.1 Å². The second kappa shape index (κ2) is 8.19. The van der Waals surface area contributed by atoms with Crippen molar-refractivity contribution in [2.45, 2.75) is 46.0 Å². The molecule has 29 heavy (non-hydrogen) atoms. The van der Waals surface area contributed by atoms with Gasteiger partial charge in [-0.3, -0.25) is 9.78 Å². The molecule has 5 heteroatoms. The summed E-state index contributed by atoms with van der Waals surface area (Å²) in [6.07, 6.45) is 2.65. The molecule has 1 aromatic carbocycles. The Labute approximate surface area is 171 Å². The molecule has 0 spiro atoms. The highest BCUT2D eigenvalue weighted by Gasteiger charge is 2.26. The molecule has 5 nitrogen and oxygen atoms in total. The van der Waals surface area contributed by atoms with Gasteiger partial charge in [0.15, 0.2) is 0 Å². The first kappa shape index (κ1) is 19.4. The lowest BCUT2D eigenvalue weighted by Crippen LogP contribution is -2.38. The molecule has 1 fully saturated rings. The van der Waals surface area contributed by atoms with Crippen LogP contribution in [0.4, 0.5) is 0 Å². The summed E-state index contributed by atoms with van der Waals surface area (Å²) in [5.41, 5.74) is 5.75. The first-order valence-corrected chi connectivity index (χ1v) is 10.4. The van der Waals surface area contributed by atoms with Crippen LogP contribution in [0.3, 0.4) is 0 Å². The molecule has 1 saturated heterocycles. The number of carbonyl (C=O) groups excluding carboxylic acids is 1. The fourth-order valence-corrected chi connectivity index (χ4v) is 4.17. The zero-order valence-corrected chi connectivity index (χ0v) is 17.3. The minimum Gasteiger partial charge on any atom is -0.360 e. The Morgan fingerprint density at radius 3 is 2.59 bits per heavy atom. The summed E-state index contributed by atoms with van der Waals surface area (Å²) in [6, 6.07) is 14.0. The monoisotopic (exact) mass is 389 g/mol. The van der Waals surface area contributed by atoms with E-state index in [-0.39, 0.29) is 5.91 Å². The molecule has 0 bridgehead atoms. The molecule has 150 valence electrons. The summed E-state index contributed by atoms with van der Waals surface area (Å²) in [4.78, 5) is 19.8. The minimum atomic E-state index is 0.135. The Balaban J connectivity index is 1.49. The lowest BCUT2D eigenvalue weighted by molar-refractivity contribution is 0.0711. The number of aromatic nitrogens is 2. The second-order valence-electron chi connectivity index (χ2n) is 7.75. The van der Waals surface area contributed by atoms with Gasteiger partial charge in [-0.25, -0.2) is 0 Å². The Morgan fingerprint density at radius 2 is 1.86 bits per heavy atom. The molecule has 3 heterocycles. The van der Waals surface area contributed by atoms with E-state index in [9.17, 15) is 4.79 Å². The van der Waals surface area contributed by atoms with Gasteiger partial charge in [0.1, 0.15) is 5.76 Å². The molecule has 2 aromatic heterocycles. The molecule has 0 unspecified atom stereocenters. The molecule has 4 rings (SSSR count). The van der Waals surface area contributed by atoms with Gasteiger partial charge in [0.2, 0.25) is 0 Å². The molecule has 1 amide bonds. The minimum absolute atomic E-state index is 0.135. The Bertz CT molecular complexity index is 1020. The van der Waals surface area contributed by atoms with E-state index in [1.54, 1.807) is 0 Å². The lowest BCUT2D eigenvalue weighted by Gasteiger charge is -2.32. The number of likely N-dealkylation sites (tertiary alicyclic amines) is 1. The topological polar surface area (TPSA) is 59.2 Å². The quantitative estimate of drug-likeness (QED) is 0.634. The molecule has 0 aliphatic carbocycles. The normalized spacial score (nSPS) is 14.9. The van der Waals surface area contributed by atoms with Crippen molar-refractivity contribution in [3.8, 4) is 11.3 Å². The average molecular weight is 389 g/mol. The maximum atomic E-state index is 12.9. The van der Waals surface area contributed by atoms with Crippen LogP contribution in [0, 0.1) is 13.8 Å². The fourth-order valence-electron chi connectivity index (χ4n) is 4.17. The van der Waals surface area contributed by atoms with Gasteiger partial charge >= 0.3 is 0 Å². The summed E-state index contributed by atoms with van der Waals surface area (Å²) in [5.74, 6) is 1.38. The largest absolute Gasteiger partial charge is 0.360 e. The third kappa shape index (κ3) is 3.82. The van der Waals surface area contributed by atoms with Crippen LogP contribution in [0.15, 0.2) is 47.0 Å². The summed E-state index contributed by atoms with van der Waals surface area (Å²) in [5, 5.41) is 4.11. The van der Waals surface area contributed by atoms with E-state index in [1.807, 2.05) is 49.1 Å². The Kier molecular flexibility index (Phi) is 5.47. The highest BCUT2D eigenvalue weighted by molar-refractivity contribution is 5.95. The lowest BCUT2D eigenvalue weighted by atomic mass is 9.92. The van der Waals surface area contributed by atoms with E-state index in [4.69, 9.17) is 9.51 Å². The smallest absolute Gasteiger partial charge is 0.254 e. The zero-order chi connectivity index (χ0) is 20.4. The first-order valence-electron chi connectivity index (χ1n) is 10.4. The van der Waals surface area contributed by atoms with Crippen molar-refractivity contribution in [2.24, 2.45) is 0 Å². The van der Waals surface area contributed by atoms with Gasteiger partial charge in [-0.15, -0.1) is 0 Å². The number of aryl methyl sites for hydroxylation is 3. The number of piperidine rings is 1. The Hall–Kier alpha value is -2.95. The van der Waals surface area contributed by atoms with Crippen LogP contribution in [-0.4, -0.2) is 34.0 Å². The van der Waals surface area contributed by atoms with Crippen LogP contribution in [0.2, 0.25) is 0 Å². The molecule has 3 aromatic rings.